The summed E-state index contributed by atoms with van der Waals surface area (Å²) in [5.74, 6) is 0.688. The number of rotatable bonds is 5. The van der Waals surface area contributed by atoms with Crippen LogP contribution in [-0.4, -0.2) is 11.9 Å². The highest BCUT2D eigenvalue weighted by molar-refractivity contribution is 5.87. The Labute approximate surface area is 118 Å². The first-order chi connectivity index (χ1) is 9.63. The van der Waals surface area contributed by atoms with Gasteiger partial charge in [-0.1, -0.05) is 25.0 Å². The molecule has 1 aromatic carbocycles. The lowest BCUT2D eigenvalue weighted by atomic mass is 10.0. The SMILES string of the molecule is NC(=O)Nc1ccc(CNC(=O)CC2CCCC2)cc1. The van der Waals surface area contributed by atoms with Crippen LogP contribution in [0.1, 0.15) is 37.7 Å². The topological polar surface area (TPSA) is 84.2 Å². The Kier molecular flexibility index (Phi) is 4.98. The molecule has 4 N–H and O–H groups in total. The molecule has 1 aromatic rings. The van der Waals surface area contributed by atoms with Gasteiger partial charge >= 0.3 is 6.03 Å². The summed E-state index contributed by atoms with van der Waals surface area (Å²) >= 11 is 0. The Morgan fingerprint density at radius 1 is 1.15 bits per heavy atom. The molecule has 0 atom stereocenters. The van der Waals surface area contributed by atoms with E-state index in [1.165, 1.54) is 25.7 Å². The van der Waals surface area contributed by atoms with E-state index in [4.69, 9.17) is 5.73 Å². The standard InChI is InChI=1S/C15H21N3O2/c16-15(20)18-13-7-5-12(6-8-13)10-17-14(19)9-11-3-1-2-4-11/h5-8,11H,1-4,9-10H2,(H,17,19)(H3,16,18,20). The van der Waals surface area contributed by atoms with Gasteiger partial charge in [-0.25, -0.2) is 4.79 Å². The molecule has 0 bridgehead atoms. The molecule has 0 radical (unpaired) electrons. The Bertz CT molecular complexity index is 465. The van der Waals surface area contributed by atoms with Crippen LogP contribution in [-0.2, 0) is 11.3 Å². The fourth-order valence-electron chi connectivity index (χ4n) is 2.60. The van der Waals surface area contributed by atoms with Crippen LogP contribution >= 0.6 is 0 Å². The average Bonchev–Trinajstić information content (AvgIpc) is 2.90. The molecule has 0 spiro atoms. The Balaban J connectivity index is 1.75. The maximum atomic E-state index is 11.8. The monoisotopic (exact) mass is 275 g/mol. The average molecular weight is 275 g/mol. The van der Waals surface area contributed by atoms with E-state index in [1.54, 1.807) is 12.1 Å². The van der Waals surface area contributed by atoms with Crippen molar-refractivity contribution in [1.82, 2.24) is 5.32 Å². The van der Waals surface area contributed by atoms with Crippen LogP contribution in [0.3, 0.4) is 0 Å². The quantitative estimate of drug-likeness (QED) is 0.770. The number of anilines is 1. The number of primary amides is 1. The van der Waals surface area contributed by atoms with E-state index in [9.17, 15) is 9.59 Å². The summed E-state index contributed by atoms with van der Waals surface area (Å²) < 4.78 is 0. The van der Waals surface area contributed by atoms with Crippen LogP contribution < -0.4 is 16.4 Å². The van der Waals surface area contributed by atoms with E-state index >= 15 is 0 Å². The Morgan fingerprint density at radius 2 is 1.80 bits per heavy atom. The zero-order valence-electron chi connectivity index (χ0n) is 11.5. The number of carbonyl (C=O) groups is 2. The normalized spacial score (nSPS) is 15.0. The number of nitrogens with two attached hydrogens (primary N) is 1. The van der Waals surface area contributed by atoms with Gasteiger partial charge in [-0.15, -0.1) is 0 Å². The molecular formula is C15H21N3O2. The third-order valence-corrected chi connectivity index (χ3v) is 3.66. The molecule has 0 unspecified atom stereocenters. The summed E-state index contributed by atoms with van der Waals surface area (Å²) in [4.78, 5) is 22.5. The molecular weight excluding hydrogens is 254 g/mol. The van der Waals surface area contributed by atoms with Gasteiger partial charge in [-0.3, -0.25) is 4.79 Å². The molecule has 1 saturated carbocycles. The van der Waals surface area contributed by atoms with Gasteiger partial charge in [0.15, 0.2) is 0 Å². The Hall–Kier alpha value is -2.04. The molecule has 20 heavy (non-hydrogen) atoms. The van der Waals surface area contributed by atoms with Crippen molar-refractivity contribution in [1.29, 1.82) is 0 Å². The zero-order valence-corrected chi connectivity index (χ0v) is 11.5. The number of benzene rings is 1. The number of urea groups is 1. The van der Waals surface area contributed by atoms with Crippen LogP contribution in [0.25, 0.3) is 0 Å². The molecule has 0 aromatic heterocycles. The van der Waals surface area contributed by atoms with Gasteiger partial charge in [0.1, 0.15) is 0 Å². The van der Waals surface area contributed by atoms with Crippen molar-refractivity contribution in [2.24, 2.45) is 11.7 Å². The lowest BCUT2D eigenvalue weighted by Gasteiger charge is -2.10. The first kappa shape index (κ1) is 14.4. The second-order valence-electron chi connectivity index (χ2n) is 5.32. The fraction of sp³-hybridized carbons (Fsp3) is 0.467. The maximum absolute atomic E-state index is 11.8. The molecule has 5 nitrogen and oxygen atoms in total. The summed E-state index contributed by atoms with van der Waals surface area (Å²) in [7, 11) is 0. The van der Waals surface area contributed by atoms with Crippen molar-refractivity contribution < 1.29 is 9.59 Å². The number of amides is 3. The Morgan fingerprint density at radius 3 is 2.40 bits per heavy atom. The molecule has 3 amide bonds. The van der Waals surface area contributed by atoms with Gasteiger partial charge in [0.25, 0.3) is 0 Å². The highest BCUT2D eigenvalue weighted by atomic mass is 16.2. The third kappa shape index (κ3) is 4.57. The molecule has 2 rings (SSSR count). The first-order valence-electron chi connectivity index (χ1n) is 7.05. The van der Waals surface area contributed by atoms with Gasteiger partial charge in [0.05, 0.1) is 0 Å². The molecule has 5 heteroatoms. The lowest BCUT2D eigenvalue weighted by molar-refractivity contribution is -0.122. The van der Waals surface area contributed by atoms with Gasteiger partial charge in [0, 0.05) is 18.7 Å². The molecule has 1 fully saturated rings. The summed E-state index contributed by atoms with van der Waals surface area (Å²) in [6.07, 6.45) is 5.52. The summed E-state index contributed by atoms with van der Waals surface area (Å²) in [5.41, 5.74) is 6.68. The van der Waals surface area contributed by atoms with Crippen LogP contribution in [0, 0.1) is 5.92 Å². The lowest BCUT2D eigenvalue weighted by Crippen LogP contribution is -2.24. The van der Waals surface area contributed by atoms with E-state index in [1.807, 2.05) is 12.1 Å². The summed E-state index contributed by atoms with van der Waals surface area (Å²) in [6, 6.07) is 6.68. The first-order valence-corrected chi connectivity index (χ1v) is 7.05. The summed E-state index contributed by atoms with van der Waals surface area (Å²) in [5, 5.41) is 5.43. The van der Waals surface area contributed by atoms with Crippen LogP contribution in [0.15, 0.2) is 24.3 Å². The largest absolute Gasteiger partial charge is 0.352 e. The van der Waals surface area contributed by atoms with Gasteiger partial charge in [0.2, 0.25) is 5.91 Å². The van der Waals surface area contributed by atoms with E-state index < -0.39 is 6.03 Å². The van der Waals surface area contributed by atoms with Crippen LogP contribution in [0.4, 0.5) is 10.5 Å². The molecule has 0 saturated heterocycles. The van der Waals surface area contributed by atoms with Crippen molar-refractivity contribution in [3.63, 3.8) is 0 Å². The fourth-order valence-corrected chi connectivity index (χ4v) is 2.60. The molecule has 1 aliphatic carbocycles. The van der Waals surface area contributed by atoms with E-state index in [0.29, 0.717) is 24.6 Å². The second kappa shape index (κ2) is 6.93. The van der Waals surface area contributed by atoms with Gasteiger partial charge in [-0.2, -0.15) is 0 Å². The third-order valence-electron chi connectivity index (χ3n) is 3.66. The van der Waals surface area contributed by atoms with Crippen molar-refractivity contribution in [3.05, 3.63) is 29.8 Å². The number of hydrogen-bond donors (Lipinski definition) is 3. The predicted octanol–water partition coefficient (Wildman–Crippen LogP) is 2.37. The van der Waals surface area contributed by atoms with E-state index in [-0.39, 0.29) is 5.91 Å². The number of hydrogen-bond acceptors (Lipinski definition) is 2. The molecule has 0 aliphatic heterocycles. The minimum atomic E-state index is -0.581. The van der Waals surface area contributed by atoms with Crippen molar-refractivity contribution in [3.8, 4) is 0 Å². The number of carbonyl (C=O) groups excluding carboxylic acids is 2. The maximum Gasteiger partial charge on any atom is 0.316 e. The second-order valence-corrected chi connectivity index (χ2v) is 5.32. The van der Waals surface area contributed by atoms with Crippen LogP contribution in [0.2, 0.25) is 0 Å². The van der Waals surface area contributed by atoms with Crippen molar-refractivity contribution in [2.75, 3.05) is 5.32 Å². The predicted molar refractivity (Wildman–Crippen MR) is 78.1 cm³/mol. The number of nitrogens with one attached hydrogen (secondary N) is 2. The van der Waals surface area contributed by atoms with Gasteiger partial charge in [-0.05, 0) is 36.5 Å². The highest BCUT2D eigenvalue weighted by Crippen LogP contribution is 2.27. The molecule has 0 heterocycles. The smallest absolute Gasteiger partial charge is 0.316 e. The van der Waals surface area contributed by atoms with Crippen LogP contribution in [0.5, 0.6) is 0 Å². The minimum absolute atomic E-state index is 0.122. The van der Waals surface area contributed by atoms with Crippen molar-refractivity contribution in [2.45, 2.75) is 38.6 Å². The van der Waals surface area contributed by atoms with Crippen molar-refractivity contribution >= 4 is 17.6 Å². The molecule has 108 valence electrons. The molecule has 1 aliphatic rings. The summed E-state index contributed by atoms with van der Waals surface area (Å²) in [6.45, 7) is 0.516. The van der Waals surface area contributed by atoms with E-state index in [0.717, 1.165) is 5.56 Å². The zero-order chi connectivity index (χ0) is 14.4. The van der Waals surface area contributed by atoms with Gasteiger partial charge < -0.3 is 16.4 Å². The minimum Gasteiger partial charge on any atom is -0.352 e. The van der Waals surface area contributed by atoms with E-state index in [2.05, 4.69) is 10.6 Å². The highest BCUT2D eigenvalue weighted by Gasteiger charge is 2.17.